The van der Waals surface area contributed by atoms with Gasteiger partial charge in [0.2, 0.25) is 5.28 Å². The molecule has 0 aliphatic carbocycles. The van der Waals surface area contributed by atoms with Crippen molar-refractivity contribution in [3.8, 4) is 0 Å². The van der Waals surface area contributed by atoms with Crippen molar-refractivity contribution < 1.29 is 0 Å². The second-order valence-electron chi connectivity index (χ2n) is 2.37. The smallest absolute Gasteiger partial charge is 0.225 e. The molecule has 6 heteroatoms. The van der Waals surface area contributed by atoms with Gasteiger partial charge in [0.25, 0.3) is 0 Å². The highest BCUT2D eigenvalue weighted by atomic mass is 35.5. The van der Waals surface area contributed by atoms with Crippen LogP contribution in [0.3, 0.4) is 0 Å². The molecule has 2 rings (SSSR count). The molecule has 2 aromatic heterocycles. The monoisotopic (exact) mass is 214 g/mol. The van der Waals surface area contributed by atoms with Crippen LogP contribution in [0, 0.1) is 0 Å². The average molecular weight is 215 g/mol. The van der Waals surface area contributed by atoms with Crippen LogP contribution in [-0.4, -0.2) is 15.0 Å². The molecule has 0 aliphatic heterocycles. The van der Waals surface area contributed by atoms with Crippen LogP contribution < -0.4 is 5.73 Å². The van der Waals surface area contributed by atoms with Gasteiger partial charge in [-0.3, -0.25) is 4.98 Å². The summed E-state index contributed by atoms with van der Waals surface area (Å²) in [6, 6.07) is 1.62. The van der Waals surface area contributed by atoms with E-state index in [1.807, 2.05) is 0 Å². The zero-order chi connectivity index (χ0) is 9.42. The normalized spacial score (nSPS) is 10.6. The Balaban J connectivity index is 2.94. The van der Waals surface area contributed by atoms with Crippen molar-refractivity contribution in [2.75, 3.05) is 5.73 Å². The van der Waals surface area contributed by atoms with Crippen molar-refractivity contribution in [2.45, 2.75) is 0 Å². The van der Waals surface area contributed by atoms with Crippen LogP contribution in [0.25, 0.3) is 11.0 Å². The fraction of sp³-hybridized carbons (Fsp3) is 0. The molecule has 66 valence electrons. The highest BCUT2D eigenvalue weighted by molar-refractivity contribution is 6.35. The van der Waals surface area contributed by atoms with Gasteiger partial charge >= 0.3 is 0 Å². The van der Waals surface area contributed by atoms with Gasteiger partial charge in [-0.25, -0.2) is 4.98 Å². The lowest BCUT2D eigenvalue weighted by Crippen LogP contribution is -1.96. The summed E-state index contributed by atoms with van der Waals surface area (Å²) in [6.45, 7) is 0. The molecule has 0 saturated carbocycles. The topological polar surface area (TPSA) is 64.7 Å². The molecule has 0 radical (unpaired) electrons. The fourth-order valence-corrected chi connectivity index (χ4v) is 1.36. The number of anilines is 1. The first-order chi connectivity index (χ1) is 6.18. The van der Waals surface area contributed by atoms with E-state index in [2.05, 4.69) is 15.0 Å². The number of fused-ring (bicyclic) bond motifs is 1. The fourth-order valence-electron chi connectivity index (χ4n) is 0.994. The maximum absolute atomic E-state index is 5.86. The molecule has 2 aromatic rings. The molecule has 0 fully saturated rings. The molecular weight excluding hydrogens is 211 g/mol. The van der Waals surface area contributed by atoms with E-state index in [9.17, 15) is 0 Å². The van der Waals surface area contributed by atoms with E-state index in [1.165, 1.54) is 6.20 Å². The van der Waals surface area contributed by atoms with Gasteiger partial charge in [0.1, 0.15) is 11.0 Å². The molecule has 2 N–H and O–H groups in total. The number of nitrogens with two attached hydrogens (primary N) is 1. The first-order valence-electron chi connectivity index (χ1n) is 3.41. The van der Waals surface area contributed by atoms with Gasteiger partial charge in [-0.2, -0.15) is 4.98 Å². The molecule has 0 unspecified atom stereocenters. The Morgan fingerprint density at radius 1 is 1.15 bits per heavy atom. The van der Waals surface area contributed by atoms with Crippen LogP contribution in [0.15, 0.2) is 12.3 Å². The summed E-state index contributed by atoms with van der Waals surface area (Å²) in [5.74, 6) is 0.234. The number of hydrogen-bond donors (Lipinski definition) is 1. The van der Waals surface area contributed by atoms with Crippen molar-refractivity contribution in [2.24, 2.45) is 0 Å². The number of hydrogen-bond acceptors (Lipinski definition) is 4. The summed E-state index contributed by atoms with van der Waals surface area (Å²) in [5.41, 5.74) is 6.51. The minimum absolute atomic E-state index is 0.0694. The highest BCUT2D eigenvalue weighted by Gasteiger charge is 2.07. The van der Waals surface area contributed by atoms with Gasteiger partial charge in [0.05, 0.1) is 5.02 Å². The van der Waals surface area contributed by atoms with Crippen LogP contribution in [0.1, 0.15) is 0 Å². The van der Waals surface area contributed by atoms with Gasteiger partial charge < -0.3 is 5.73 Å². The van der Waals surface area contributed by atoms with Gasteiger partial charge in [-0.1, -0.05) is 11.6 Å². The molecule has 0 aromatic carbocycles. The Morgan fingerprint density at radius 3 is 2.69 bits per heavy atom. The number of pyridine rings is 1. The van der Waals surface area contributed by atoms with Crippen molar-refractivity contribution in [3.63, 3.8) is 0 Å². The molecule has 0 aliphatic rings. The quantitative estimate of drug-likeness (QED) is 0.681. The van der Waals surface area contributed by atoms with E-state index in [0.717, 1.165) is 0 Å². The molecule has 0 atom stereocenters. The lowest BCUT2D eigenvalue weighted by Gasteiger charge is -2.00. The summed E-state index contributed by atoms with van der Waals surface area (Å²) in [4.78, 5) is 11.7. The van der Waals surface area contributed by atoms with Gasteiger partial charge in [0, 0.05) is 6.20 Å². The number of halogens is 2. The summed E-state index contributed by atoms with van der Waals surface area (Å²) in [5, 5.41) is 0.529. The van der Waals surface area contributed by atoms with E-state index in [1.54, 1.807) is 6.07 Å². The van der Waals surface area contributed by atoms with Crippen molar-refractivity contribution in [1.29, 1.82) is 0 Å². The van der Waals surface area contributed by atoms with Crippen LogP contribution >= 0.6 is 23.2 Å². The van der Waals surface area contributed by atoms with Gasteiger partial charge in [0.15, 0.2) is 5.82 Å². The Morgan fingerprint density at radius 2 is 1.92 bits per heavy atom. The second-order valence-corrected chi connectivity index (χ2v) is 3.11. The number of aromatic nitrogens is 3. The first kappa shape index (κ1) is 8.47. The number of rotatable bonds is 0. The summed E-state index contributed by atoms with van der Waals surface area (Å²) in [7, 11) is 0. The Hall–Kier alpha value is -1.13. The van der Waals surface area contributed by atoms with Crippen molar-refractivity contribution in [3.05, 3.63) is 22.6 Å². The standard InChI is InChI=1S/C7H4Cl2N4/c8-3-1-2-11-5-4(3)12-7(9)13-6(5)10/h1-2H,(H2,10,12,13). The maximum Gasteiger partial charge on any atom is 0.225 e. The van der Waals surface area contributed by atoms with Crippen molar-refractivity contribution >= 4 is 40.1 Å². The number of nitrogens with zero attached hydrogens (tertiary/aromatic N) is 3. The molecule has 0 bridgehead atoms. The molecule has 2 heterocycles. The second kappa shape index (κ2) is 2.97. The Labute approximate surface area is 83.7 Å². The zero-order valence-corrected chi connectivity index (χ0v) is 7.84. The third-order valence-corrected chi connectivity index (χ3v) is 2.01. The SMILES string of the molecule is Nc1nc(Cl)nc2c(Cl)ccnc12. The van der Waals surface area contributed by atoms with Gasteiger partial charge in [-0.05, 0) is 17.7 Å². The summed E-state index contributed by atoms with van der Waals surface area (Å²) >= 11 is 11.5. The predicted octanol–water partition coefficient (Wildman–Crippen LogP) is 1.91. The third kappa shape index (κ3) is 1.38. The lowest BCUT2D eigenvalue weighted by molar-refractivity contribution is 1.20. The molecule has 13 heavy (non-hydrogen) atoms. The van der Waals surface area contributed by atoms with Gasteiger partial charge in [-0.15, -0.1) is 0 Å². The Bertz CT molecular complexity index is 471. The first-order valence-corrected chi connectivity index (χ1v) is 4.17. The van der Waals surface area contributed by atoms with E-state index in [4.69, 9.17) is 28.9 Å². The minimum atomic E-state index is 0.0694. The zero-order valence-electron chi connectivity index (χ0n) is 6.33. The molecule has 0 amide bonds. The van der Waals surface area contributed by atoms with E-state index in [0.29, 0.717) is 16.1 Å². The highest BCUT2D eigenvalue weighted by Crippen LogP contribution is 2.23. The minimum Gasteiger partial charge on any atom is -0.382 e. The van der Waals surface area contributed by atoms with E-state index >= 15 is 0 Å². The van der Waals surface area contributed by atoms with E-state index < -0.39 is 0 Å². The summed E-state index contributed by atoms with van der Waals surface area (Å²) in [6.07, 6.45) is 1.54. The van der Waals surface area contributed by atoms with Crippen LogP contribution in [0.5, 0.6) is 0 Å². The maximum atomic E-state index is 5.86. The molecule has 0 saturated heterocycles. The van der Waals surface area contributed by atoms with Crippen LogP contribution in [0.2, 0.25) is 10.3 Å². The van der Waals surface area contributed by atoms with Crippen LogP contribution in [-0.2, 0) is 0 Å². The van der Waals surface area contributed by atoms with Crippen LogP contribution in [0.4, 0.5) is 5.82 Å². The average Bonchev–Trinajstić information content (AvgIpc) is 2.07. The largest absolute Gasteiger partial charge is 0.382 e. The summed E-state index contributed by atoms with van der Waals surface area (Å²) < 4.78 is 0. The number of nitrogen functional groups attached to an aromatic ring is 1. The lowest BCUT2D eigenvalue weighted by atomic mass is 10.3. The molecule has 4 nitrogen and oxygen atoms in total. The van der Waals surface area contributed by atoms with Crippen molar-refractivity contribution in [1.82, 2.24) is 15.0 Å². The predicted molar refractivity (Wildman–Crippen MR) is 51.8 cm³/mol. The van der Waals surface area contributed by atoms with E-state index in [-0.39, 0.29) is 11.1 Å². The molecule has 0 spiro atoms. The molecular formula is C7H4Cl2N4. The Kier molecular flexibility index (Phi) is 1.94. The third-order valence-electron chi connectivity index (χ3n) is 1.53.